The molecule has 180 valence electrons. The summed E-state index contributed by atoms with van der Waals surface area (Å²) in [7, 11) is 0. The molecule has 1 fully saturated rings. The molecule has 3 N–H and O–H groups in total. The number of fused-ring (bicyclic) bond motifs is 1. The number of anilines is 2. The number of nitrogens with one attached hydrogen (secondary N) is 1. The van der Waals surface area contributed by atoms with Crippen LogP contribution in [0.5, 0.6) is 0 Å². The third-order valence-electron chi connectivity index (χ3n) is 6.80. The maximum absolute atomic E-state index is 12.9. The highest BCUT2D eigenvalue weighted by Gasteiger charge is 2.22. The molecule has 1 atom stereocenters. The van der Waals surface area contributed by atoms with Gasteiger partial charge in [0.2, 0.25) is 0 Å². The molecule has 35 heavy (non-hydrogen) atoms. The minimum absolute atomic E-state index is 0.00892. The summed E-state index contributed by atoms with van der Waals surface area (Å²) in [6, 6.07) is 12.2. The van der Waals surface area contributed by atoms with Crippen molar-refractivity contribution >= 4 is 22.9 Å². The first kappa shape index (κ1) is 23.2. The third kappa shape index (κ3) is 4.33. The lowest BCUT2D eigenvalue weighted by Gasteiger charge is -2.19. The fourth-order valence-corrected chi connectivity index (χ4v) is 5.08. The van der Waals surface area contributed by atoms with E-state index < -0.39 is 0 Å². The van der Waals surface area contributed by atoms with E-state index in [1.165, 1.54) is 0 Å². The minimum atomic E-state index is 0.00892. The summed E-state index contributed by atoms with van der Waals surface area (Å²) in [6.45, 7) is 7.58. The second kappa shape index (κ2) is 9.60. The Kier molecular flexibility index (Phi) is 6.36. The normalized spacial score (nSPS) is 15.6. The first-order valence-corrected chi connectivity index (χ1v) is 12.2. The molecule has 1 aromatic carbocycles. The molecule has 3 aromatic heterocycles. The number of carbonyl (C=O) groups excluding carboxylic acids is 1. The van der Waals surface area contributed by atoms with Crippen molar-refractivity contribution in [2.75, 3.05) is 18.5 Å². The summed E-state index contributed by atoms with van der Waals surface area (Å²) in [5.41, 5.74) is 14.5. The molecule has 0 amide bonds. The summed E-state index contributed by atoms with van der Waals surface area (Å²) < 4.78 is 7.62. The van der Waals surface area contributed by atoms with Gasteiger partial charge in [-0.05, 0) is 67.6 Å². The van der Waals surface area contributed by atoms with E-state index in [-0.39, 0.29) is 5.78 Å². The Morgan fingerprint density at radius 2 is 2.11 bits per heavy atom. The number of aromatic nitrogens is 3. The van der Waals surface area contributed by atoms with Gasteiger partial charge < -0.3 is 15.8 Å². The molecule has 7 heteroatoms. The Morgan fingerprint density at radius 3 is 2.83 bits per heavy atom. The van der Waals surface area contributed by atoms with Crippen LogP contribution in [-0.2, 0) is 17.7 Å². The molecular formula is C28H31N5O2. The first-order chi connectivity index (χ1) is 17.0. The van der Waals surface area contributed by atoms with Crippen molar-refractivity contribution in [1.29, 1.82) is 0 Å². The number of ether oxygens (including phenoxy) is 1. The average molecular weight is 470 g/mol. The van der Waals surface area contributed by atoms with Crippen LogP contribution < -0.4 is 11.1 Å². The number of aryl methyl sites for hydroxylation is 1. The predicted octanol–water partition coefficient (Wildman–Crippen LogP) is 5.18. The van der Waals surface area contributed by atoms with Gasteiger partial charge in [-0.1, -0.05) is 19.1 Å². The maximum atomic E-state index is 12.9. The molecule has 0 saturated carbocycles. The van der Waals surface area contributed by atoms with Crippen LogP contribution in [0.4, 0.5) is 11.5 Å². The van der Waals surface area contributed by atoms with E-state index in [2.05, 4.69) is 52.8 Å². The SMILES string of the molecule is CCc1c(-c2cnc3cc(C)ccn23)ccc(Nc2ccc([C@@H]3CCOC3)c(CN)n2)c1C(C)=O. The standard InChI is InChI=1S/C28H31N5O2/c1-4-20-22(25-15-30-27-13-17(2)9-11-33(25)27)5-7-23(28(20)18(3)34)31-26-8-6-21(24(14-29)32-26)19-10-12-35-16-19/h5-9,11,13,15,19H,4,10,12,14,16,29H2,1-3H3,(H,31,32)/t19-/m1/s1. The summed E-state index contributed by atoms with van der Waals surface area (Å²) in [5, 5.41) is 3.40. The van der Waals surface area contributed by atoms with E-state index in [4.69, 9.17) is 15.5 Å². The number of pyridine rings is 2. The van der Waals surface area contributed by atoms with E-state index >= 15 is 0 Å². The Hall–Kier alpha value is -3.55. The summed E-state index contributed by atoms with van der Waals surface area (Å²) >= 11 is 0. The molecule has 4 heterocycles. The van der Waals surface area contributed by atoms with Crippen molar-refractivity contribution in [3.63, 3.8) is 0 Å². The summed E-state index contributed by atoms with van der Waals surface area (Å²) in [6.07, 6.45) is 5.60. The largest absolute Gasteiger partial charge is 0.381 e. The first-order valence-electron chi connectivity index (χ1n) is 12.2. The molecule has 1 saturated heterocycles. The second-order valence-corrected chi connectivity index (χ2v) is 9.12. The van der Waals surface area contributed by atoms with Gasteiger partial charge in [0.05, 0.1) is 29.9 Å². The Morgan fingerprint density at radius 1 is 1.26 bits per heavy atom. The van der Waals surface area contributed by atoms with E-state index in [1.54, 1.807) is 6.92 Å². The van der Waals surface area contributed by atoms with Gasteiger partial charge >= 0.3 is 0 Å². The molecule has 1 aliphatic rings. The second-order valence-electron chi connectivity index (χ2n) is 9.12. The van der Waals surface area contributed by atoms with Gasteiger partial charge in [0.25, 0.3) is 0 Å². The third-order valence-corrected chi connectivity index (χ3v) is 6.80. The van der Waals surface area contributed by atoms with Crippen LogP contribution in [0.2, 0.25) is 0 Å². The molecule has 0 aliphatic carbocycles. The zero-order valence-corrected chi connectivity index (χ0v) is 20.5. The number of rotatable bonds is 7. The smallest absolute Gasteiger partial charge is 0.162 e. The molecule has 4 aromatic rings. The van der Waals surface area contributed by atoms with Gasteiger partial charge in [-0.2, -0.15) is 0 Å². The highest BCUT2D eigenvalue weighted by Crippen LogP contribution is 2.34. The lowest BCUT2D eigenvalue weighted by Crippen LogP contribution is -2.12. The van der Waals surface area contributed by atoms with Crippen LogP contribution in [-0.4, -0.2) is 33.4 Å². The molecule has 0 radical (unpaired) electrons. The fraction of sp³-hybridized carbons (Fsp3) is 0.321. The monoisotopic (exact) mass is 469 g/mol. The number of ketones is 1. The Labute approximate surface area is 205 Å². The Bertz CT molecular complexity index is 1400. The molecule has 1 aliphatic heterocycles. The number of Topliss-reactive ketones (excluding diaryl/α,β-unsaturated/α-hetero) is 1. The van der Waals surface area contributed by atoms with E-state index in [0.717, 1.165) is 58.0 Å². The van der Waals surface area contributed by atoms with Gasteiger partial charge in [-0.15, -0.1) is 0 Å². The van der Waals surface area contributed by atoms with Crippen LogP contribution in [0.15, 0.2) is 48.8 Å². The van der Waals surface area contributed by atoms with Gasteiger partial charge in [-0.25, -0.2) is 9.97 Å². The van der Waals surface area contributed by atoms with Gasteiger partial charge in [0.15, 0.2) is 5.78 Å². The molecule has 5 rings (SSSR count). The van der Waals surface area contributed by atoms with Crippen LogP contribution in [0, 0.1) is 6.92 Å². The van der Waals surface area contributed by atoms with Crippen molar-refractivity contribution in [3.8, 4) is 11.3 Å². The number of carbonyl (C=O) groups is 1. The molecular weight excluding hydrogens is 438 g/mol. The van der Waals surface area contributed by atoms with Crippen LogP contribution >= 0.6 is 0 Å². The molecule has 0 spiro atoms. The lowest BCUT2D eigenvalue weighted by molar-refractivity contribution is 0.101. The predicted molar refractivity (Wildman–Crippen MR) is 138 cm³/mol. The lowest BCUT2D eigenvalue weighted by atomic mass is 9.93. The molecule has 0 bridgehead atoms. The highest BCUT2D eigenvalue weighted by molar-refractivity contribution is 6.03. The topological polar surface area (TPSA) is 94.5 Å². The van der Waals surface area contributed by atoms with Crippen molar-refractivity contribution in [3.05, 3.63) is 76.7 Å². The van der Waals surface area contributed by atoms with Crippen LogP contribution in [0.1, 0.15) is 58.9 Å². The van der Waals surface area contributed by atoms with Crippen LogP contribution in [0.3, 0.4) is 0 Å². The number of benzene rings is 1. The maximum Gasteiger partial charge on any atom is 0.162 e. The molecule has 7 nitrogen and oxygen atoms in total. The average Bonchev–Trinajstić information content (AvgIpc) is 3.53. The number of nitrogens with zero attached hydrogens (tertiary/aromatic N) is 3. The van der Waals surface area contributed by atoms with Gasteiger partial charge in [0.1, 0.15) is 11.5 Å². The minimum Gasteiger partial charge on any atom is -0.381 e. The van der Waals surface area contributed by atoms with Crippen molar-refractivity contribution in [1.82, 2.24) is 14.4 Å². The van der Waals surface area contributed by atoms with Gasteiger partial charge in [0, 0.05) is 36.4 Å². The zero-order chi connectivity index (χ0) is 24.5. The van der Waals surface area contributed by atoms with E-state index in [9.17, 15) is 4.79 Å². The molecule has 0 unspecified atom stereocenters. The summed E-state index contributed by atoms with van der Waals surface area (Å²) in [4.78, 5) is 22.3. The van der Waals surface area contributed by atoms with E-state index in [0.29, 0.717) is 36.9 Å². The summed E-state index contributed by atoms with van der Waals surface area (Å²) in [5.74, 6) is 1.02. The van der Waals surface area contributed by atoms with Crippen molar-refractivity contribution < 1.29 is 9.53 Å². The zero-order valence-electron chi connectivity index (χ0n) is 20.5. The van der Waals surface area contributed by atoms with Gasteiger partial charge in [-0.3, -0.25) is 9.20 Å². The van der Waals surface area contributed by atoms with Crippen LogP contribution in [0.25, 0.3) is 16.9 Å². The fourth-order valence-electron chi connectivity index (χ4n) is 5.08. The number of nitrogens with two attached hydrogens (primary N) is 1. The van der Waals surface area contributed by atoms with Crippen molar-refractivity contribution in [2.24, 2.45) is 5.73 Å². The number of hydrogen-bond acceptors (Lipinski definition) is 6. The van der Waals surface area contributed by atoms with Crippen molar-refractivity contribution in [2.45, 2.75) is 46.1 Å². The highest BCUT2D eigenvalue weighted by atomic mass is 16.5. The van der Waals surface area contributed by atoms with E-state index in [1.807, 2.05) is 24.5 Å². The number of imidazole rings is 1. The Balaban J connectivity index is 1.56. The number of hydrogen-bond donors (Lipinski definition) is 2. The quantitative estimate of drug-likeness (QED) is 0.362.